The number of rotatable bonds is 18. The molecular weight excluding hydrogens is 489 g/mol. The van der Waals surface area contributed by atoms with Gasteiger partial charge in [-0.2, -0.15) is 0 Å². The molecule has 0 aliphatic carbocycles. The van der Waals surface area contributed by atoms with E-state index in [-0.39, 0.29) is 23.5 Å². The Morgan fingerprint density at radius 1 is 0.868 bits per heavy atom. The highest BCUT2D eigenvalue weighted by atomic mass is 19.1. The number of nitrogens with one attached hydrogen (secondary N) is 4. The van der Waals surface area contributed by atoms with Crippen molar-refractivity contribution in [3.63, 3.8) is 0 Å². The summed E-state index contributed by atoms with van der Waals surface area (Å²) < 4.78 is 24.7. The molecule has 0 aromatic heterocycles. The molecule has 0 aliphatic rings. The molecule has 0 aliphatic heterocycles. The zero-order chi connectivity index (χ0) is 27.6. The van der Waals surface area contributed by atoms with Crippen LogP contribution in [0.2, 0.25) is 0 Å². The van der Waals surface area contributed by atoms with E-state index < -0.39 is 17.9 Å². The molecule has 1 amide bonds. The quantitative estimate of drug-likeness (QED) is 0.144. The molecule has 2 rings (SSSR count). The number of anilines is 2. The zero-order valence-electron chi connectivity index (χ0n) is 22.5. The van der Waals surface area contributed by atoms with Crippen molar-refractivity contribution in [1.29, 1.82) is 0 Å². The van der Waals surface area contributed by atoms with E-state index in [0.717, 1.165) is 69.9 Å². The molecule has 0 bridgehead atoms. The summed E-state index contributed by atoms with van der Waals surface area (Å²) in [6.45, 7) is 6.99. The van der Waals surface area contributed by atoms with Crippen molar-refractivity contribution in [2.45, 2.75) is 45.6 Å². The maximum Gasteiger partial charge on any atom is 0.411 e. The minimum Gasteiger partial charge on any atom is -0.465 e. The Labute approximate surface area is 225 Å². The number of ether oxygens (including phenoxy) is 2. The van der Waals surface area contributed by atoms with Crippen LogP contribution in [0, 0.1) is 5.82 Å². The molecule has 2 aromatic rings. The fraction of sp³-hybridized carbons (Fsp3) is 0.500. The first-order valence-electron chi connectivity index (χ1n) is 13.3. The summed E-state index contributed by atoms with van der Waals surface area (Å²) in [4.78, 5) is 24.6. The lowest BCUT2D eigenvalue weighted by Crippen LogP contribution is -2.22. The number of methoxy groups -OCH3 is 1. The molecule has 0 heterocycles. The van der Waals surface area contributed by atoms with Gasteiger partial charge in [0.05, 0.1) is 24.0 Å². The second-order valence-electron chi connectivity index (χ2n) is 8.87. The van der Waals surface area contributed by atoms with Gasteiger partial charge in [-0.25, -0.2) is 14.0 Å². The lowest BCUT2D eigenvalue weighted by molar-refractivity contribution is 0.0601. The van der Waals surface area contributed by atoms with E-state index in [2.05, 4.69) is 28.2 Å². The van der Waals surface area contributed by atoms with Crippen LogP contribution in [0.1, 0.15) is 54.1 Å². The summed E-state index contributed by atoms with van der Waals surface area (Å²) in [5, 5.41) is 12.3. The third-order valence-electron chi connectivity index (χ3n) is 5.91. The lowest BCUT2D eigenvalue weighted by atomic mass is 10.1. The number of nitrogens with two attached hydrogens (primary N) is 1. The molecule has 6 N–H and O–H groups in total. The molecule has 0 fully saturated rings. The SMILES string of the molecule is CCc1ccc(COC(=O)Nc2cc(NCCCNCCCCNCCCN)c(F)cc2C(=O)OC)cc1. The molecule has 210 valence electrons. The van der Waals surface area contributed by atoms with Crippen LogP contribution in [-0.4, -0.2) is 58.4 Å². The van der Waals surface area contributed by atoms with E-state index in [1.807, 2.05) is 24.3 Å². The summed E-state index contributed by atoms with van der Waals surface area (Å²) in [6, 6.07) is 10.2. The normalized spacial score (nSPS) is 10.7. The molecule has 9 nitrogen and oxygen atoms in total. The predicted molar refractivity (Wildman–Crippen MR) is 149 cm³/mol. The highest BCUT2D eigenvalue weighted by Crippen LogP contribution is 2.26. The second-order valence-corrected chi connectivity index (χ2v) is 8.87. The predicted octanol–water partition coefficient (Wildman–Crippen LogP) is 4.03. The number of hydrogen-bond acceptors (Lipinski definition) is 8. The molecule has 0 unspecified atom stereocenters. The topological polar surface area (TPSA) is 127 Å². The fourth-order valence-corrected chi connectivity index (χ4v) is 3.67. The van der Waals surface area contributed by atoms with E-state index in [0.29, 0.717) is 13.1 Å². The average Bonchev–Trinajstić information content (AvgIpc) is 2.93. The van der Waals surface area contributed by atoms with Crippen LogP contribution in [0.15, 0.2) is 36.4 Å². The van der Waals surface area contributed by atoms with Crippen LogP contribution in [0.5, 0.6) is 0 Å². The van der Waals surface area contributed by atoms with E-state index in [1.165, 1.54) is 18.7 Å². The second kappa shape index (κ2) is 18.1. The summed E-state index contributed by atoms with van der Waals surface area (Å²) >= 11 is 0. The lowest BCUT2D eigenvalue weighted by Gasteiger charge is -2.14. The Morgan fingerprint density at radius 3 is 2.13 bits per heavy atom. The van der Waals surface area contributed by atoms with Gasteiger partial charge in [0.1, 0.15) is 12.4 Å². The summed E-state index contributed by atoms with van der Waals surface area (Å²) in [5.74, 6) is -1.38. The molecule has 0 spiro atoms. The molecular formula is C28H42FN5O4. The van der Waals surface area contributed by atoms with Gasteiger partial charge in [-0.1, -0.05) is 31.2 Å². The van der Waals surface area contributed by atoms with E-state index in [4.69, 9.17) is 15.2 Å². The van der Waals surface area contributed by atoms with E-state index in [1.54, 1.807) is 0 Å². The number of carbonyl (C=O) groups is 2. The number of benzene rings is 2. The molecule has 0 saturated carbocycles. The molecule has 0 atom stereocenters. The van der Waals surface area contributed by atoms with Crippen molar-refractivity contribution in [3.05, 3.63) is 58.9 Å². The highest BCUT2D eigenvalue weighted by molar-refractivity contribution is 6.00. The van der Waals surface area contributed by atoms with Gasteiger partial charge in [-0.15, -0.1) is 0 Å². The van der Waals surface area contributed by atoms with Crippen molar-refractivity contribution < 1.29 is 23.5 Å². The smallest absolute Gasteiger partial charge is 0.411 e. The number of amides is 1. The maximum atomic E-state index is 14.7. The zero-order valence-corrected chi connectivity index (χ0v) is 22.5. The van der Waals surface area contributed by atoms with E-state index in [9.17, 15) is 14.0 Å². The number of halogens is 1. The van der Waals surface area contributed by atoms with Gasteiger partial charge in [-0.3, -0.25) is 5.32 Å². The first-order chi connectivity index (χ1) is 18.5. The van der Waals surface area contributed by atoms with Gasteiger partial charge in [0.2, 0.25) is 0 Å². The van der Waals surface area contributed by atoms with Crippen molar-refractivity contribution in [1.82, 2.24) is 10.6 Å². The molecule has 38 heavy (non-hydrogen) atoms. The van der Waals surface area contributed by atoms with E-state index >= 15 is 0 Å². The van der Waals surface area contributed by atoms with Crippen LogP contribution in [0.4, 0.5) is 20.6 Å². The number of carbonyl (C=O) groups excluding carboxylic acids is 2. The number of esters is 1. The van der Waals surface area contributed by atoms with Crippen LogP contribution in [0.25, 0.3) is 0 Å². The van der Waals surface area contributed by atoms with Crippen LogP contribution in [-0.2, 0) is 22.5 Å². The van der Waals surface area contributed by atoms with Gasteiger partial charge < -0.3 is 31.2 Å². The van der Waals surface area contributed by atoms with Gasteiger partial charge in [0.25, 0.3) is 0 Å². The third kappa shape index (κ3) is 11.5. The summed E-state index contributed by atoms with van der Waals surface area (Å²) in [5.41, 5.74) is 7.66. The molecule has 10 heteroatoms. The standard InChI is InChI=1S/C28H42FN5O4/c1-3-21-8-10-22(11-9-21)20-38-28(36)34-25-19-26(24(29)18-23(25)27(35)37-2)33-17-7-16-32-14-5-4-13-31-15-6-12-30/h8-11,18-19,31-33H,3-7,12-17,20,30H2,1-2H3,(H,34,36). The van der Waals surface area contributed by atoms with Gasteiger partial charge in [-0.05, 0) is 88.1 Å². The molecule has 0 saturated heterocycles. The van der Waals surface area contributed by atoms with Gasteiger partial charge in [0.15, 0.2) is 0 Å². The van der Waals surface area contributed by atoms with Crippen LogP contribution in [0.3, 0.4) is 0 Å². The maximum absolute atomic E-state index is 14.7. The monoisotopic (exact) mass is 531 g/mol. The Balaban J connectivity index is 1.82. The van der Waals surface area contributed by atoms with Crippen LogP contribution < -0.4 is 27.0 Å². The van der Waals surface area contributed by atoms with Gasteiger partial charge >= 0.3 is 12.1 Å². The van der Waals surface area contributed by atoms with Gasteiger partial charge in [0, 0.05) is 6.54 Å². The Bertz CT molecular complexity index is 988. The van der Waals surface area contributed by atoms with Crippen molar-refractivity contribution in [2.75, 3.05) is 57.0 Å². The van der Waals surface area contributed by atoms with Crippen molar-refractivity contribution in [3.8, 4) is 0 Å². The Morgan fingerprint density at radius 2 is 1.50 bits per heavy atom. The van der Waals surface area contributed by atoms with Crippen molar-refractivity contribution >= 4 is 23.4 Å². The number of unbranched alkanes of at least 4 members (excludes halogenated alkanes) is 1. The highest BCUT2D eigenvalue weighted by Gasteiger charge is 2.19. The minimum absolute atomic E-state index is 0.0630. The Kier molecular flexibility index (Phi) is 14.8. The molecule has 0 radical (unpaired) electrons. The van der Waals surface area contributed by atoms with Crippen molar-refractivity contribution in [2.24, 2.45) is 5.73 Å². The summed E-state index contributed by atoms with van der Waals surface area (Å²) in [6.07, 6.45) is 4.09. The first kappa shape index (κ1) is 31.0. The minimum atomic E-state index is -0.764. The largest absolute Gasteiger partial charge is 0.465 e. The fourth-order valence-electron chi connectivity index (χ4n) is 3.67. The third-order valence-corrected chi connectivity index (χ3v) is 5.91. The average molecular weight is 532 g/mol. The summed E-state index contributed by atoms with van der Waals surface area (Å²) in [7, 11) is 1.19. The molecule has 2 aromatic carbocycles. The number of hydrogen-bond donors (Lipinski definition) is 5. The number of aryl methyl sites for hydroxylation is 1. The van der Waals surface area contributed by atoms with Crippen LogP contribution >= 0.6 is 0 Å². The Hall–Kier alpha value is -3.21. The first-order valence-corrected chi connectivity index (χ1v) is 13.3.